The number of carbonyl (C=O) groups is 1. The van der Waals surface area contributed by atoms with Crippen molar-refractivity contribution in [2.45, 2.75) is 32.0 Å². The summed E-state index contributed by atoms with van der Waals surface area (Å²) in [5.41, 5.74) is 1.97. The van der Waals surface area contributed by atoms with Crippen molar-refractivity contribution in [3.05, 3.63) is 46.3 Å². The molecule has 1 atom stereocenters. The van der Waals surface area contributed by atoms with E-state index in [4.69, 9.17) is 11.6 Å². The first-order valence-electron chi connectivity index (χ1n) is 7.16. The van der Waals surface area contributed by atoms with E-state index in [9.17, 15) is 18.0 Å². The Hall–Kier alpha value is -1.69. The summed E-state index contributed by atoms with van der Waals surface area (Å²) in [7, 11) is 1.64. The second kappa shape index (κ2) is 6.83. The highest BCUT2D eigenvalue weighted by atomic mass is 35.5. The van der Waals surface area contributed by atoms with Crippen LogP contribution in [0, 0.1) is 0 Å². The number of hydrogen-bond donors (Lipinski definition) is 0. The quantitative estimate of drug-likeness (QED) is 0.812. The Bertz CT molecular complexity index is 628. The number of hydrogen-bond acceptors (Lipinski definition) is 3. The molecule has 1 unspecified atom stereocenters. The van der Waals surface area contributed by atoms with Gasteiger partial charge in [0.25, 0.3) is 0 Å². The van der Waals surface area contributed by atoms with Crippen LogP contribution in [-0.2, 0) is 22.4 Å². The molecule has 23 heavy (non-hydrogen) atoms. The van der Waals surface area contributed by atoms with Crippen molar-refractivity contribution in [1.82, 2.24) is 4.90 Å². The van der Waals surface area contributed by atoms with E-state index in [0.29, 0.717) is 11.4 Å². The highest BCUT2D eigenvalue weighted by Gasteiger charge is 2.36. The van der Waals surface area contributed by atoms with Gasteiger partial charge in [-0.1, -0.05) is 24.6 Å². The molecular formula is C16H17ClF3NO2. The lowest BCUT2D eigenvalue weighted by atomic mass is 9.97. The van der Waals surface area contributed by atoms with Gasteiger partial charge < -0.3 is 9.64 Å². The molecule has 126 valence electrons. The zero-order valence-corrected chi connectivity index (χ0v) is 13.5. The molecule has 0 fully saturated rings. The minimum atomic E-state index is -4.47. The lowest BCUT2D eigenvalue weighted by Gasteiger charge is -2.20. The highest BCUT2D eigenvalue weighted by Crippen LogP contribution is 2.26. The molecule has 7 heteroatoms. The third-order valence-corrected chi connectivity index (χ3v) is 3.95. The van der Waals surface area contributed by atoms with Crippen molar-refractivity contribution in [1.29, 1.82) is 0 Å². The number of halogens is 4. The van der Waals surface area contributed by atoms with E-state index in [2.05, 4.69) is 4.74 Å². The number of rotatable bonds is 5. The zero-order chi connectivity index (χ0) is 17.2. The summed E-state index contributed by atoms with van der Waals surface area (Å²) in [6.45, 7) is 0.519. The van der Waals surface area contributed by atoms with E-state index in [-0.39, 0.29) is 5.76 Å². The van der Waals surface area contributed by atoms with Gasteiger partial charge in [0.05, 0.1) is 6.04 Å². The molecule has 0 spiro atoms. The van der Waals surface area contributed by atoms with Crippen molar-refractivity contribution in [3.8, 4) is 0 Å². The van der Waals surface area contributed by atoms with Gasteiger partial charge in [-0.05, 0) is 29.7 Å². The first-order valence-corrected chi connectivity index (χ1v) is 7.54. The molecule has 1 heterocycles. The van der Waals surface area contributed by atoms with E-state index >= 15 is 0 Å². The molecule has 0 radical (unpaired) electrons. The number of ketones is 1. The van der Waals surface area contributed by atoms with Crippen LogP contribution in [0.15, 0.2) is 30.2 Å². The molecule has 2 rings (SSSR count). The smallest absolute Gasteiger partial charge is 0.422 e. The van der Waals surface area contributed by atoms with Gasteiger partial charge in [-0.2, -0.15) is 13.2 Å². The SMILES string of the molecule is CCc1ccc(Cl)cc1CC1C(=O)C(OCC(F)(F)F)=CN1C. The molecule has 0 bridgehead atoms. The van der Waals surface area contributed by atoms with Gasteiger partial charge in [-0.25, -0.2) is 0 Å². The van der Waals surface area contributed by atoms with E-state index in [0.717, 1.165) is 17.5 Å². The number of aryl methyl sites for hydroxylation is 1. The fraction of sp³-hybridized carbons (Fsp3) is 0.438. The van der Waals surface area contributed by atoms with Gasteiger partial charge in [0.1, 0.15) is 0 Å². The number of likely N-dealkylation sites (N-methyl/N-ethyl adjacent to an activating group) is 1. The van der Waals surface area contributed by atoms with Gasteiger partial charge in [-0.15, -0.1) is 0 Å². The molecule has 0 saturated carbocycles. The second-order valence-corrected chi connectivity index (χ2v) is 5.85. The van der Waals surface area contributed by atoms with E-state index < -0.39 is 24.6 Å². The maximum atomic E-state index is 12.3. The van der Waals surface area contributed by atoms with Crippen LogP contribution in [0.1, 0.15) is 18.1 Å². The summed E-state index contributed by atoms with van der Waals surface area (Å²) < 4.78 is 41.3. The minimum absolute atomic E-state index is 0.255. The number of alkyl halides is 3. The molecule has 1 aromatic rings. The van der Waals surface area contributed by atoms with Gasteiger partial charge >= 0.3 is 6.18 Å². The third-order valence-electron chi connectivity index (χ3n) is 3.71. The molecule has 0 N–H and O–H groups in total. The van der Waals surface area contributed by atoms with Crippen LogP contribution < -0.4 is 0 Å². The molecule has 0 aromatic heterocycles. The Morgan fingerprint density at radius 1 is 1.30 bits per heavy atom. The third kappa shape index (κ3) is 4.41. The summed E-state index contributed by atoms with van der Waals surface area (Å²) in [5, 5.41) is 0.562. The van der Waals surface area contributed by atoms with Crippen LogP contribution >= 0.6 is 11.6 Å². The standard InChI is InChI=1S/C16H17ClF3NO2/c1-3-10-4-5-12(17)6-11(10)7-13-15(22)14(8-21(13)2)23-9-16(18,19)20/h4-6,8,13H,3,7,9H2,1-2H3. The Kier molecular flexibility index (Phi) is 5.24. The molecule has 1 aliphatic rings. The molecule has 0 aliphatic carbocycles. The number of benzene rings is 1. The van der Waals surface area contributed by atoms with Crippen LogP contribution in [0.3, 0.4) is 0 Å². The van der Waals surface area contributed by atoms with E-state index in [1.165, 1.54) is 6.20 Å². The zero-order valence-electron chi connectivity index (χ0n) is 12.8. The Balaban J connectivity index is 2.11. The van der Waals surface area contributed by atoms with Crippen molar-refractivity contribution >= 4 is 17.4 Å². The van der Waals surface area contributed by atoms with Crippen molar-refractivity contribution < 1.29 is 22.7 Å². The lowest BCUT2D eigenvalue weighted by Crippen LogP contribution is -2.32. The van der Waals surface area contributed by atoms with Crippen LogP contribution in [0.25, 0.3) is 0 Å². The maximum Gasteiger partial charge on any atom is 0.422 e. The summed E-state index contributed by atoms with van der Waals surface area (Å²) in [6, 6.07) is 4.88. The summed E-state index contributed by atoms with van der Waals surface area (Å²) in [4.78, 5) is 13.9. The number of ether oxygens (including phenoxy) is 1. The van der Waals surface area contributed by atoms with Crippen molar-refractivity contribution in [2.75, 3.05) is 13.7 Å². The first kappa shape index (κ1) is 17.7. The topological polar surface area (TPSA) is 29.5 Å². The van der Waals surface area contributed by atoms with E-state index in [1.807, 2.05) is 13.0 Å². The molecule has 0 amide bonds. The van der Waals surface area contributed by atoms with Gasteiger partial charge in [0, 0.05) is 24.7 Å². The van der Waals surface area contributed by atoms with Gasteiger partial charge in [0.15, 0.2) is 12.4 Å². The molecule has 0 saturated heterocycles. The van der Waals surface area contributed by atoms with Crippen molar-refractivity contribution in [2.24, 2.45) is 0 Å². The fourth-order valence-corrected chi connectivity index (χ4v) is 2.72. The average molecular weight is 348 g/mol. The highest BCUT2D eigenvalue weighted by molar-refractivity contribution is 6.30. The number of Topliss-reactive ketones (excluding diaryl/α,β-unsaturated/α-hetero) is 1. The predicted octanol–water partition coefficient (Wildman–Crippen LogP) is 3.75. The average Bonchev–Trinajstić information content (AvgIpc) is 2.72. The second-order valence-electron chi connectivity index (χ2n) is 5.41. The predicted molar refractivity (Wildman–Crippen MR) is 81.2 cm³/mol. The minimum Gasteiger partial charge on any atom is -0.479 e. The maximum absolute atomic E-state index is 12.3. The number of carbonyl (C=O) groups excluding carboxylic acids is 1. The summed E-state index contributed by atoms with van der Waals surface area (Å²) in [5.74, 6) is -0.700. The van der Waals surface area contributed by atoms with Crippen LogP contribution in [0.5, 0.6) is 0 Å². The van der Waals surface area contributed by atoms with Crippen molar-refractivity contribution in [3.63, 3.8) is 0 Å². The van der Waals surface area contributed by atoms with Crippen LogP contribution in [0.4, 0.5) is 13.2 Å². The van der Waals surface area contributed by atoms with Crippen LogP contribution in [0.2, 0.25) is 5.02 Å². The largest absolute Gasteiger partial charge is 0.479 e. The monoisotopic (exact) mass is 347 g/mol. The first-order chi connectivity index (χ1) is 10.7. The summed E-state index contributed by atoms with van der Waals surface area (Å²) in [6.07, 6.45) is -2.01. The summed E-state index contributed by atoms with van der Waals surface area (Å²) >= 11 is 6.00. The fourth-order valence-electron chi connectivity index (χ4n) is 2.53. The van der Waals surface area contributed by atoms with E-state index in [1.54, 1.807) is 24.1 Å². The normalized spacial score (nSPS) is 18.3. The lowest BCUT2D eigenvalue weighted by molar-refractivity contribution is -0.166. The Morgan fingerprint density at radius 3 is 2.61 bits per heavy atom. The molecule has 1 aliphatic heterocycles. The molecule has 1 aromatic carbocycles. The Labute approximate surface area is 137 Å². The van der Waals surface area contributed by atoms with Crippen LogP contribution in [-0.4, -0.2) is 36.6 Å². The Morgan fingerprint density at radius 2 is 2.00 bits per heavy atom. The molecule has 3 nitrogen and oxygen atoms in total. The van der Waals surface area contributed by atoms with Gasteiger partial charge in [-0.3, -0.25) is 4.79 Å². The van der Waals surface area contributed by atoms with Gasteiger partial charge in [0.2, 0.25) is 5.78 Å². The molecular weight excluding hydrogens is 331 g/mol. The number of nitrogens with zero attached hydrogens (tertiary/aromatic N) is 1.